The predicted molar refractivity (Wildman–Crippen MR) is 80.8 cm³/mol. The maximum Gasteiger partial charge on any atom is 0.277 e. The number of carbonyl (C=O) groups is 1. The molecule has 0 aromatic heterocycles. The molecule has 0 saturated heterocycles. The van der Waals surface area contributed by atoms with Crippen LogP contribution in [0, 0.1) is 10.1 Å². The van der Waals surface area contributed by atoms with Crippen LogP contribution in [0.2, 0.25) is 0 Å². The fourth-order valence-electron chi connectivity index (χ4n) is 1.56. The number of amides is 1. The molecule has 0 aliphatic heterocycles. The van der Waals surface area contributed by atoms with Crippen molar-refractivity contribution >= 4 is 17.8 Å². The summed E-state index contributed by atoms with van der Waals surface area (Å²) in [6, 6.07) is 14.8. The lowest BCUT2D eigenvalue weighted by Crippen LogP contribution is -2.24. The summed E-state index contributed by atoms with van der Waals surface area (Å²) in [5.41, 5.74) is 3.15. The molecule has 2 aromatic carbocycles. The largest absolute Gasteiger partial charge is 0.484 e. The number of benzene rings is 2. The Hall–Kier alpha value is -3.22. The van der Waals surface area contributed by atoms with Crippen LogP contribution in [0.1, 0.15) is 5.56 Å². The van der Waals surface area contributed by atoms with Gasteiger partial charge in [-0.3, -0.25) is 14.9 Å². The van der Waals surface area contributed by atoms with Crippen molar-refractivity contribution in [1.82, 2.24) is 5.43 Å². The van der Waals surface area contributed by atoms with Crippen LogP contribution < -0.4 is 10.2 Å². The van der Waals surface area contributed by atoms with Crippen LogP contribution in [0.3, 0.4) is 0 Å². The van der Waals surface area contributed by atoms with E-state index in [1.54, 1.807) is 0 Å². The summed E-state index contributed by atoms with van der Waals surface area (Å²) in [5, 5.41) is 14.3. The van der Waals surface area contributed by atoms with E-state index in [1.165, 1.54) is 30.5 Å². The molecule has 0 saturated carbocycles. The number of hydrogen-bond acceptors (Lipinski definition) is 5. The molecule has 1 N–H and O–H groups in total. The second-order valence-corrected chi connectivity index (χ2v) is 4.24. The highest BCUT2D eigenvalue weighted by molar-refractivity contribution is 5.82. The first kappa shape index (κ1) is 15.2. The highest BCUT2D eigenvalue weighted by Gasteiger charge is 2.05. The quantitative estimate of drug-likeness (QED) is 0.502. The van der Waals surface area contributed by atoms with Gasteiger partial charge in [-0.15, -0.1) is 0 Å². The zero-order valence-corrected chi connectivity index (χ0v) is 11.5. The van der Waals surface area contributed by atoms with Gasteiger partial charge in [-0.1, -0.05) is 30.3 Å². The second kappa shape index (κ2) is 7.53. The number of nitrogens with one attached hydrogen (secondary N) is 1. The molecular weight excluding hydrogens is 286 g/mol. The number of ether oxygens (including phenoxy) is 1. The average molecular weight is 299 g/mol. The van der Waals surface area contributed by atoms with E-state index < -0.39 is 10.8 Å². The van der Waals surface area contributed by atoms with Gasteiger partial charge in [0.05, 0.1) is 11.1 Å². The number of rotatable bonds is 6. The van der Waals surface area contributed by atoms with E-state index in [0.29, 0.717) is 5.75 Å². The second-order valence-electron chi connectivity index (χ2n) is 4.24. The minimum atomic E-state index is -0.505. The van der Waals surface area contributed by atoms with Crippen LogP contribution in [0.25, 0.3) is 0 Å². The van der Waals surface area contributed by atoms with Crippen LogP contribution in [-0.4, -0.2) is 23.7 Å². The highest BCUT2D eigenvalue weighted by Crippen LogP contribution is 2.16. The summed E-state index contributed by atoms with van der Waals surface area (Å²) >= 11 is 0. The third-order valence-corrected chi connectivity index (χ3v) is 2.62. The van der Waals surface area contributed by atoms with Gasteiger partial charge in [0.2, 0.25) is 0 Å². The van der Waals surface area contributed by atoms with Gasteiger partial charge in [-0.25, -0.2) is 5.43 Å². The van der Waals surface area contributed by atoms with E-state index in [1.807, 2.05) is 30.3 Å². The van der Waals surface area contributed by atoms with Gasteiger partial charge in [0.1, 0.15) is 5.75 Å². The predicted octanol–water partition coefficient (Wildman–Crippen LogP) is 2.12. The van der Waals surface area contributed by atoms with Gasteiger partial charge >= 0.3 is 0 Å². The summed E-state index contributed by atoms with van der Waals surface area (Å²) in [7, 11) is 0. The number of hydrogen-bond donors (Lipinski definition) is 1. The standard InChI is InChI=1S/C15H13N3O4/c19-15(17-16-10-12-4-2-1-3-5-12)11-22-14-8-6-13(7-9-14)18(20)21/h1-10H,11H2,(H,17,19). The van der Waals surface area contributed by atoms with Crippen LogP contribution in [0.4, 0.5) is 5.69 Å². The summed E-state index contributed by atoms with van der Waals surface area (Å²) in [5.74, 6) is -0.0571. The normalized spacial score (nSPS) is 10.4. The summed E-state index contributed by atoms with van der Waals surface area (Å²) in [4.78, 5) is 21.5. The monoisotopic (exact) mass is 299 g/mol. The molecule has 112 valence electrons. The zero-order valence-electron chi connectivity index (χ0n) is 11.5. The Morgan fingerprint density at radius 1 is 1.18 bits per heavy atom. The number of nitro benzene ring substituents is 1. The molecule has 2 aromatic rings. The summed E-state index contributed by atoms with van der Waals surface area (Å²) < 4.78 is 5.20. The maximum absolute atomic E-state index is 11.5. The van der Waals surface area contributed by atoms with E-state index in [-0.39, 0.29) is 12.3 Å². The molecule has 0 aliphatic rings. The molecule has 2 rings (SSSR count). The number of hydrazone groups is 1. The van der Waals surface area contributed by atoms with Crippen molar-refractivity contribution in [3.63, 3.8) is 0 Å². The molecule has 0 bridgehead atoms. The van der Waals surface area contributed by atoms with Crippen molar-refractivity contribution in [2.45, 2.75) is 0 Å². The Labute approximate surface area is 126 Å². The molecule has 0 radical (unpaired) electrons. The molecule has 0 heterocycles. The topological polar surface area (TPSA) is 93.8 Å². The van der Waals surface area contributed by atoms with E-state index in [4.69, 9.17) is 4.74 Å². The molecule has 0 atom stereocenters. The minimum Gasteiger partial charge on any atom is -0.484 e. The Bertz CT molecular complexity index is 669. The van der Waals surface area contributed by atoms with Gasteiger partial charge < -0.3 is 4.74 Å². The number of nitro groups is 1. The van der Waals surface area contributed by atoms with Gasteiger partial charge in [-0.2, -0.15) is 5.10 Å². The van der Waals surface area contributed by atoms with Crippen LogP contribution in [0.15, 0.2) is 59.7 Å². The molecular formula is C15H13N3O4. The van der Waals surface area contributed by atoms with Gasteiger partial charge in [-0.05, 0) is 17.7 Å². The van der Waals surface area contributed by atoms with Crippen molar-refractivity contribution in [2.75, 3.05) is 6.61 Å². The number of non-ortho nitro benzene ring substituents is 1. The van der Waals surface area contributed by atoms with Crippen molar-refractivity contribution < 1.29 is 14.5 Å². The van der Waals surface area contributed by atoms with Crippen LogP contribution in [-0.2, 0) is 4.79 Å². The average Bonchev–Trinajstić information content (AvgIpc) is 2.54. The lowest BCUT2D eigenvalue weighted by Gasteiger charge is -2.04. The SMILES string of the molecule is O=C(COc1ccc([N+](=O)[O-])cc1)NN=Cc1ccccc1. The third-order valence-electron chi connectivity index (χ3n) is 2.62. The lowest BCUT2D eigenvalue weighted by atomic mass is 10.2. The molecule has 7 heteroatoms. The Kier molecular flexibility index (Phi) is 5.20. The van der Waals surface area contributed by atoms with E-state index >= 15 is 0 Å². The molecule has 0 aliphatic carbocycles. The van der Waals surface area contributed by atoms with E-state index in [2.05, 4.69) is 10.5 Å². The fraction of sp³-hybridized carbons (Fsp3) is 0.0667. The fourth-order valence-corrected chi connectivity index (χ4v) is 1.56. The number of nitrogens with zero attached hydrogens (tertiary/aromatic N) is 2. The molecule has 0 fully saturated rings. The molecule has 1 amide bonds. The van der Waals surface area contributed by atoms with E-state index in [9.17, 15) is 14.9 Å². The third kappa shape index (κ3) is 4.71. The first-order valence-corrected chi connectivity index (χ1v) is 6.39. The molecule has 0 spiro atoms. The maximum atomic E-state index is 11.5. The Morgan fingerprint density at radius 2 is 1.86 bits per heavy atom. The van der Waals surface area contributed by atoms with Crippen molar-refractivity contribution in [2.24, 2.45) is 5.10 Å². The summed E-state index contributed by atoms with van der Waals surface area (Å²) in [6.45, 7) is -0.232. The lowest BCUT2D eigenvalue weighted by molar-refractivity contribution is -0.384. The van der Waals surface area contributed by atoms with Crippen LogP contribution in [0.5, 0.6) is 5.75 Å². The molecule has 7 nitrogen and oxygen atoms in total. The van der Waals surface area contributed by atoms with Crippen molar-refractivity contribution in [1.29, 1.82) is 0 Å². The van der Waals surface area contributed by atoms with Gasteiger partial charge in [0, 0.05) is 12.1 Å². The first-order valence-electron chi connectivity index (χ1n) is 6.39. The van der Waals surface area contributed by atoms with Gasteiger partial charge in [0.15, 0.2) is 6.61 Å². The Balaban J connectivity index is 1.78. The Morgan fingerprint density at radius 3 is 2.50 bits per heavy atom. The van der Waals surface area contributed by atoms with Crippen molar-refractivity contribution in [3.05, 3.63) is 70.3 Å². The minimum absolute atomic E-state index is 0.0377. The van der Waals surface area contributed by atoms with Crippen molar-refractivity contribution in [3.8, 4) is 5.75 Å². The van der Waals surface area contributed by atoms with Crippen LogP contribution >= 0.6 is 0 Å². The van der Waals surface area contributed by atoms with E-state index in [0.717, 1.165) is 5.56 Å². The molecule has 22 heavy (non-hydrogen) atoms. The van der Waals surface area contributed by atoms with Gasteiger partial charge in [0.25, 0.3) is 11.6 Å². The number of carbonyl (C=O) groups excluding carboxylic acids is 1. The molecule has 0 unspecified atom stereocenters. The summed E-state index contributed by atoms with van der Waals surface area (Å²) in [6.07, 6.45) is 1.52. The highest BCUT2D eigenvalue weighted by atomic mass is 16.6. The zero-order chi connectivity index (χ0) is 15.8. The first-order chi connectivity index (χ1) is 10.6. The smallest absolute Gasteiger partial charge is 0.277 e.